The average Bonchev–Trinajstić information content (AvgIpc) is 2.19. The molecule has 0 bridgehead atoms. The number of hydrogen-bond acceptors (Lipinski definition) is 2. The number of ether oxygens (including phenoxy) is 1. The van der Waals surface area contributed by atoms with Crippen molar-refractivity contribution in [2.24, 2.45) is 5.73 Å². The summed E-state index contributed by atoms with van der Waals surface area (Å²) in [7, 11) is 1.54. The summed E-state index contributed by atoms with van der Waals surface area (Å²) in [5.41, 5.74) is 6.23. The van der Waals surface area contributed by atoms with Crippen molar-refractivity contribution in [2.45, 2.75) is 12.5 Å². The number of hydrogen-bond donors (Lipinski definition) is 1. The van der Waals surface area contributed by atoms with Crippen LogP contribution in [0.2, 0.25) is 0 Å². The lowest BCUT2D eigenvalue weighted by Gasteiger charge is -2.11. The molecule has 1 aromatic carbocycles. The number of halogens is 2. The van der Waals surface area contributed by atoms with Crippen LogP contribution in [0.4, 0.5) is 4.39 Å². The van der Waals surface area contributed by atoms with Crippen molar-refractivity contribution in [3.8, 4) is 5.75 Å². The van der Waals surface area contributed by atoms with Gasteiger partial charge in [-0.3, -0.25) is 0 Å². The maximum Gasteiger partial charge on any atom is 0.128 e. The highest BCUT2D eigenvalue weighted by Gasteiger charge is 2.10. The fourth-order valence-electron chi connectivity index (χ4n) is 1.24. The third-order valence-electron chi connectivity index (χ3n) is 2.02. The first-order chi connectivity index (χ1) is 6.69. The van der Waals surface area contributed by atoms with Gasteiger partial charge in [-0.2, -0.15) is 0 Å². The summed E-state index contributed by atoms with van der Waals surface area (Å²) >= 11 is 0. The first-order valence-corrected chi connectivity index (χ1v) is 4.39. The van der Waals surface area contributed by atoms with Gasteiger partial charge in [0.1, 0.15) is 11.6 Å². The van der Waals surface area contributed by atoms with Gasteiger partial charge in [-0.05, 0) is 24.6 Å². The molecule has 15 heavy (non-hydrogen) atoms. The monoisotopic (exact) mass is 231 g/mol. The van der Waals surface area contributed by atoms with Crippen molar-refractivity contribution < 1.29 is 9.13 Å². The second-order valence-corrected chi connectivity index (χ2v) is 3.02. The molecule has 1 atom stereocenters. The van der Waals surface area contributed by atoms with E-state index in [4.69, 9.17) is 10.5 Å². The Hall–Kier alpha value is -1.06. The smallest absolute Gasteiger partial charge is 0.128 e. The molecule has 0 radical (unpaired) electrons. The molecular formula is C11H15ClFNO. The molecule has 0 fully saturated rings. The van der Waals surface area contributed by atoms with Crippen LogP contribution in [0.5, 0.6) is 5.75 Å². The number of benzene rings is 1. The first-order valence-electron chi connectivity index (χ1n) is 4.39. The molecule has 4 heteroatoms. The summed E-state index contributed by atoms with van der Waals surface area (Å²) in [6.07, 6.45) is 2.22. The molecule has 0 aliphatic rings. The highest BCUT2D eigenvalue weighted by Crippen LogP contribution is 2.23. The van der Waals surface area contributed by atoms with E-state index in [9.17, 15) is 4.39 Å². The van der Waals surface area contributed by atoms with Gasteiger partial charge in [0.05, 0.1) is 7.11 Å². The molecule has 1 aromatic rings. The summed E-state index contributed by atoms with van der Waals surface area (Å²) in [6, 6.07) is 4.18. The molecular weight excluding hydrogens is 217 g/mol. The second kappa shape index (κ2) is 6.43. The second-order valence-electron chi connectivity index (χ2n) is 3.02. The number of nitrogens with two attached hydrogens (primary N) is 1. The van der Waals surface area contributed by atoms with Crippen LogP contribution in [0.1, 0.15) is 18.0 Å². The molecule has 2 N–H and O–H groups in total. The van der Waals surface area contributed by atoms with Gasteiger partial charge < -0.3 is 10.5 Å². The van der Waals surface area contributed by atoms with E-state index in [0.717, 1.165) is 0 Å². The minimum absolute atomic E-state index is 0. The van der Waals surface area contributed by atoms with Gasteiger partial charge in [0.25, 0.3) is 0 Å². The van der Waals surface area contributed by atoms with E-state index in [2.05, 4.69) is 6.58 Å². The van der Waals surface area contributed by atoms with E-state index in [0.29, 0.717) is 17.7 Å². The normalized spacial score (nSPS) is 11.4. The molecule has 0 amide bonds. The SMILES string of the molecule is C=CC[C@H](N)c1cc(OC)ccc1F.Cl. The van der Waals surface area contributed by atoms with Crippen molar-refractivity contribution in [1.29, 1.82) is 0 Å². The predicted octanol–water partition coefficient (Wildman–Crippen LogP) is 2.83. The maximum absolute atomic E-state index is 13.3. The van der Waals surface area contributed by atoms with Crippen LogP contribution in [0.15, 0.2) is 30.9 Å². The van der Waals surface area contributed by atoms with Crippen LogP contribution in [0, 0.1) is 5.82 Å². The maximum atomic E-state index is 13.3. The Bertz CT molecular complexity index is 330. The summed E-state index contributed by atoms with van der Waals surface area (Å²) in [5.74, 6) is 0.307. The van der Waals surface area contributed by atoms with Gasteiger partial charge in [0, 0.05) is 11.6 Å². The van der Waals surface area contributed by atoms with E-state index in [1.807, 2.05) is 0 Å². The Morgan fingerprint density at radius 3 is 2.80 bits per heavy atom. The fraction of sp³-hybridized carbons (Fsp3) is 0.273. The van der Waals surface area contributed by atoms with E-state index in [-0.39, 0.29) is 24.3 Å². The lowest BCUT2D eigenvalue weighted by molar-refractivity contribution is 0.412. The fourth-order valence-corrected chi connectivity index (χ4v) is 1.24. The summed E-state index contributed by atoms with van der Waals surface area (Å²) in [6.45, 7) is 3.56. The van der Waals surface area contributed by atoms with Gasteiger partial charge in [-0.15, -0.1) is 19.0 Å². The molecule has 0 heterocycles. The summed E-state index contributed by atoms with van der Waals surface area (Å²) in [4.78, 5) is 0. The van der Waals surface area contributed by atoms with Crippen molar-refractivity contribution in [3.63, 3.8) is 0 Å². The predicted molar refractivity (Wildman–Crippen MR) is 61.9 cm³/mol. The highest BCUT2D eigenvalue weighted by molar-refractivity contribution is 5.85. The van der Waals surface area contributed by atoms with Crippen molar-refractivity contribution in [1.82, 2.24) is 0 Å². The van der Waals surface area contributed by atoms with Crippen LogP contribution >= 0.6 is 12.4 Å². The van der Waals surface area contributed by atoms with Gasteiger partial charge in [0.2, 0.25) is 0 Å². The molecule has 0 aliphatic heterocycles. The van der Waals surface area contributed by atoms with Gasteiger partial charge in [-0.25, -0.2) is 4.39 Å². The zero-order chi connectivity index (χ0) is 10.6. The Kier molecular flexibility index (Phi) is 5.97. The minimum atomic E-state index is -0.359. The molecule has 0 saturated heterocycles. The largest absolute Gasteiger partial charge is 0.497 e. The molecule has 1 rings (SSSR count). The molecule has 0 spiro atoms. The quantitative estimate of drug-likeness (QED) is 0.809. The van der Waals surface area contributed by atoms with Crippen LogP contribution in [0.25, 0.3) is 0 Å². The molecule has 0 saturated carbocycles. The standard InChI is InChI=1S/C11H14FNO.ClH/c1-3-4-11(13)9-7-8(14-2)5-6-10(9)12;/h3,5-7,11H,1,4,13H2,2H3;1H/t11-;/m0./s1. The summed E-state index contributed by atoms with van der Waals surface area (Å²) < 4.78 is 18.3. The Morgan fingerprint density at radius 2 is 2.27 bits per heavy atom. The average molecular weight is 232 g/mol. The molecule has 0 unspecified atom stereocenters. The minimum Gasteiger partial charge on any atom is -0.497 e. The zero-order valence-corrected chi connectivity index (χ0v) is 9.39. The lowest BCUT2D eigenvalue weighted by Crippen LogP contribution is -2.11. The van der Waals surface area contributed by atoms with Crippen LogP contribution in [-0.2, 0) is 0 Å². The topological polar surface area (TPSA) is 35.2 Å². The molecule has 0 aliphatic carbocycles. The number of methoxy groups -OCH3 is 1. The van der Waals surface area contributed by atoms with Crippen LogP contribution in [0.3, 0.4) is 0 Å². The first kappa shape index (κ1) is 13.9. The van der Waals surface area contributed by atoms with E-state index in [1.165, 1.54) is 13.2 Å². The van der Waals surface area contributed by atoms with Crippen molar-refractivity contribution >= 4 is 12.4 Å². The third-order valence-corrected chi connectivity index (χ3v) is 2.02. The van der Waals surface area contributed by atoms with Crippen LogP contribution < -0.4 is 10.5 Å². The Morgan fingerprint density at radius 1 is 1.60 bits per heavy atom. The Balaban J connectivity index is 0.00000196. The zero-order valence-electron chi connectivity index (χ0n) is 8.57. The van der Waals surface area contributed by atoms with Gasteiger partial charge in [0.15, 0.2) is 0 Å². The lowest BCUT2D eigenvalue weighted by atomic mass is 10.0. The van der Waals surface area contributed by atoms with Gasteiger partial charge in [-0.1, -0.05) is 6.08 Å². The van der Waals surface area contributed by atoms with Crippen molar-refractivity contribution in [3.05, 3.63) is 42.2 Å². The van der Waals surface area contributed by atoms with Crippen LogP contribution in [-0.4, -0.2) is 7.11 Å². The molecule has 84 valence electrons. The summed E-state index contributed by atoms with van der Waals surface area (Å²) in [5, 5.41) is 0. The third kappa shape index (κ3) is 3.53. The van der Waals surface area contributed by atoms with E-state index >= 15 is 0 Å². The highest BCUT2D eigenvalue weighted by atomic mass is 35.5. The van der Waals surface area contributed by atoms with Gasteiger partial charge >= 0.3 is 0 Å². The van der Waals surface area contributed by atoms with E-state index in [1.54, 1.807) is 18.2 Å². The van der Waals surface area contributed by atoms with Crippen molar-refractivity contribution in [2.75, 3.05) is 7.11 Å². The molecule has 2 nitrogen and oxygen atoms in total. The molecule has 0 aromatic heterocycles. The Labute approximate surface area is 95.3 Å². The van der Waals surface area contributed by atoms with E-state index < -0.39 is 0 Å². The number of rotatable bonds is 4.